The van der Waals surface area contributed by atoms with Gasteiger partial charge in [0.05, 0.1) is 7.11 Å². The molecule has 2 aromatic rings. The van der Waals surface area contributed by atoms with Crippen molar-refractivity contribution in [3.8, 4) is 5.75 Å². The van der Waals surface area contributed by atoms with Gasteiger partial charge in [0.25, 0.3) is 0 Å². The van der Waals surface area contributed by atoms with Gasteiger partial charge in [-0.05, 0) is 61.1 Å². The van der Waals surface area contributed by atoms with Gasteiger partial charge < -0.3 is 4.74 Å². The third-order valence-corrected chi connectivity index (χ3v) is 3.97. The van der Waals surface area contributed by atoms with Gasteiger partial charge >= 0.3 is 0 Å². The second-order valence-electron chi connectivity index (χ2n) is 5.41. The summed E-state index contributed by atoms with van der Waals surface area (Å²) in [6.07, 6.45) is 1.95. The molecule has 3 nitrogen and oxygen atoms in total. The highest BCUT2D eigenvalue weighted by atomic mass is 16.5. The molecule has 0 bridgehead atoms. The van der Waals surface area contributed by atoms with E-state index in [1.165, 1.54) is 22.3 Å². The first kappa shape index (κ1) is 15.5. The average Bonchev–Trinajstić information content (AvgIpc) is 2.50. The fourth-order valence-corrected chi connectivity index (χ4v) is 2.79. The predicted octanol–water partition coefficient (Wildman–Crippen LogP) is 3.45. The Balaban J connectivity index is 2.08. The standard InChI is InChI=1S/C18H24N2O/c1-13-5-4-6-14(2)18(13)17(20-19)12-9-15-7-10-16(21-3)11-8-15/h4-8,10-11,17,20H,9,12,19H2,1-3H3. The van der Waals surface area contributed by atoms with Gasteiger partial charge in [-0.3, -0.25) is 11.3 Å². The molecule has 0 saturated carbocycles. The lowest BCUT2D eigenvalue weighted by molar-refractivity contribution is 0.414. The van der Waals surface area contributed by atoms with Gasteiger partial charge in [-0.25, -0.2) is 0 Å². The van der Waals surface area contributed by atoms with Gasteiger partial charge in [0.15, 0.2) is 0 Å². The normalized spacial score (nSPS) is 12.2. The molecule has 0 aliphatic carbocycles. The largest absolute Gasteiger partial charge is 0.497 e. The summed E-state index contributed by atoms with van der Waals surface area (Å²) in [7, 11) is 1.68. The van der Waals surface area contributed by atoms with E-state index in [9.17, 15) is 0 Å². The molecule has 0 fully saturated rings. The maximum Gasteiger partial charge on any atom is 0.118 e. The first-order chi connectivity index (χ1) is 10.2. The summed E-state index contributed by atoms with van der Waals surface area (Å²) in [5, 5.41) is 0. The van der Waals surface area contributed by atoms with Crippen molar-refractivity contribution in [3.63, 3.8) is 0 Å². The van der Waals surface area contributed by atoms with Crippen molar-refractivity contribution in [2.24, 2.45) is 5.84 Å². The second kappa shape index (κ2) is 7.25. The molecular weight excluding hydrogens is 260 g/mol. The summed E-state index contributed by atoms with van der Waals surface area (Å²) < 4.78 is 5.18. The van der Waals surface area contributed by atoms with Crippen molar-refractivity contribution in [1.29, 1.82) is 0 Å². The van der Waals surface area contributed by atoms with Crippen LogP contribution in [0.4, 0.5) is 0 Å². The Morgan fingerprint density at radius 3 is 2.19 bits per heavy atom. The quantitative estimate of drug-likeness (QED) is 0.631. The van der Waals surface area contributed by atoms with E-state index < -0.39 is 0 Å². The fraction of sp³-hybridized carbons (Fsp3) is 0.333. The smallest absolute Gasteiger partial charge is 0.118 e. The lowest BCUT2D eigenvalue weighted by atomic mass is 9.92. The lowest BCUT2D eigenvalue weighted by Gasteiger charge is -2.21. The highest BCUT2D eigenvalue weighted by Crippen LogP contribution is 2.25. The fourth-order valence-electron chi connectivity index (χ4n) is 2.79. The molecular formula is C18H24N2O. The van der Waals surface area contributed by atoms with E-state index in [1.807, 2.05) is 12.1 Å². The predicted molar refractivity (Wildman–Crippen MR) is 87.3 cm³/mol. The molecule has 0 spiro atoms. The first-order valence-corrected chi connectivity index (χ1v) is 7.31. The van der Waals surface area contributed by atoms with Crippen LogP contribution < -0.4 is 16.0 Å². The van der Waals surface area contributed by atoms with Gasteiger partial charge in [0.1, 0.15) is 5.75 Å². The molecule has 0 amide bonds. The van der Waals surface area contributed by atoms with E-state index in [2.05, 4.69) is 49.6 Å². The van der Waals surface area contributed by atoms with Crippen LogP contribution >= 0.6 is 0 Å². The highest BCUT2D eigenvalue weighted by Gasteiger charge is 2.14. The minimum Gasteiger partial charge on any atom is -0.497 e. The number of methoxy groups -OCH3 is 1. The zero-order valence-corrected chi connectivity index (χ0v) is 13.0. The molecule has 0 aliphatic heterocycles. The Bertz CT molecular complexity index is 558. The number of benzene rings is 2. The molecule has 0 saturated heterocycles. The molecule has 1 atom stereocenters. The summed E-state index contributed by atoms with van der Waals surface area (Å²) in [5.41, 5.74) is 8.15. The van der Waals surface area contributed by atoms with Crippen LogP contribution in [0.2, 0.25) is 0 Å². The van der Waals surface area contributed by atoms with Crippen molar-refractivity contribution in [2.45, 2.75) is 32.7 Å². The van der Waals surface area contributed by atoms with Gasteiger partial charge in [-0.1, -0.05) is 30.3 Å². The van der Waals surface area contributed by atoms with E-state index in [1.54, 1.807) is 7.11 Å². The third-order valence-electron chi connectivity index (χ3n) is 3.97. The molecule has 3 N–H and O–H groups in total. The van der Waals surface area contributed by atoms with E-state index >= 15 is 0 Å². The number of rotatable bonds is 6. The molecule has 0 heterocycles. The number of hydrogen-bond donors (Lipinski definition) is 2. The summed E-state index contributed by atoms with van der Waals surface area (Å²) in [4.78, 5) is 0. The highest BCUT2D eigenvalue weighted by molar-refractivity contribution is 5.36. The summed E-state index contributed by atoms with van der Waals surface area (Å²) >= 11 is 0. The van der Waals surface area contributed by atoms with E-state index in [-0.39, 0.29) is 6.04 Å². The van der Waals surface area contributed by atoms with Gasteiger partial charge in [0, 0.05) is 6.04 Å². The number of nitrogens with two attached hydrogens (primary N) is 1. The summed E-state index contributed by atoms with van der Waals surface area (Å²) in [6.45, 7) is 4.28. The minimum absolute atomic E-state index is 0.174. The van der Waals surface area contributed by atoms with Crippen LogP contribution in [0.25, 0.3) is 0 Å². The van der Waals surface area contributed by atoms with Crippen LogP contribution in [-0.4, -0.2) is 7.11 Å². The Labute approximate surface area is 127 Å². The molecule has 0 aliphatic rings. The maximum atomic E-state index is 5.78. The topological polar surface area (TPSA) is 47.3 Å². The van der Waals surface area contributed by atoms with Crippen LogP contribution in [0.5, 0.6) is 5.75 Å². The number of hydrogen-bond acceptors (Lipinski definition) is 3. The van der Waals surface area contributed by atoms with Crippen LogP contribution in [0.15, 0.2) is 42.5 Å². The first-order valence-electron chi connectivity index (χ1n) is 7.31. The van der Waals surface area contributed by atoms with Crippen LogP contribution in [0, 0.1) is 13.8 Å². The zero-order chi connectivity index (χ0) is 15.2. The van der Waals surface area contributed by atoms with Crippen molar-refractivity contribution in [2.75, 3.05) is 7.11 Å². The monoisotopic (exact) mass is 284 g/mol. The van der Waals surface area contributed by atoms with Crippen LogP contribution in [0.3, 0.4) is 0 Å². The lowest BCUT2D eigenvalue weighted by Crippen LogP contribution is -2.29. The summed E-state index contributed by atoms with van der Waals surface area (Å²) in [5.74, 6) is 6.67. The Kier molecular flexibility index (Phi) is 5.37. The molecule has 2 aromatic carbocycles. The van der Waals surface area contributed by atoms with E-state index in [4.69, 9.17) is 10.6 Å². The molecule has 3 heteroatoms. The maximum absolute atomic E-state index is 5.78. The molecule has 0 aromatic heterocycles. The van der Waals surface area contributed by atoms with Gasteiger partial charge in [-0.2, -0.15) is 0 Å². The van der Waals surface area contributed by atoms with Crippen molar-refractivity contribution >= 4 is 0 Å². The molecule has 112 valence electrons. The zero-order valence-electron chi connectivity index (χ0n) is 13.0. The third kappa shape index (κ3) is 3.84. The SMILES string of the molecule is COc1ccc(CCC(NN)c2c(C)cccc2C)cc1. The molecule has 2 rings (SSSR count). The van der Waals surface area contributed by atoms with Gasteiger partial charge in [-0.15, -0.1) is 0 Å². The van der Waals surface area contributed by atoms with E-state index in [0.29, 0.717) is 0 Å². The number of aryl methyl sites for hydroxylation is 3. The summed E-state index contributed by atoms with van der Waals surface area (Å²) in [6, 6.07) is 14.8. The Morgan fingerprint density at radius 1 is 1.05 bits per heavy atom. The van der Waals surface area contributed by atoms with Crippen molar-refractivity contribution in [3.05, 3.63) is 64.7 Å². The number of hydrazine groups is 1. The molecule has 1 unspecified atom stereocenters. The van der Waals surface area contributed by atoms with E-state index in [0.717, 1.165) is 18.6 Å². The van der Waals surface area contributed by atoms with Crippen LogP contribution in [-0.2, 0) is 6.42 Å². The molecule has 0 radical (unpaired) electrons. The second-order valence-corrected chi connectivity index (χ2v) is 5.41. The Hall–Kier alpha value is -1.84. The van der Waals surface area contributed by atoms with Gasteiger partial charge in [0.2, 0.25) is 0 Å². The molecule has 21 heavy (non-hydrogen) atoms. The number of nitrogens with one attached hydrogen (secondary N) is 1. The average molecular weight is 284 g/mol. The van der Waals surface area contributed by atoms with Crippen LogP contribution in [0.1, 0.15) is 34.7 Å². The number of ether oxygens (including phenoxy) is 1. The van der Waals surface area contributed by atoms with Crippen molar-refractivity contribution < 1.29 is 4.74 Å². The Morgan fingerprint density at radius 2 is 1.67 bits per heavy atom. The van der Waals surface area contributed by atoms with Crippen molar-refractivity contribution in [1.82, 2.24) is 5.43 Å². The minimum atomic E-state index is 0.174.